The van der Waals surface area contributed by atoms with E-state index in [0.29, 0.717) is 19.6 Å². The SMILES string of the molecule is CC(=O)N1CCC(C(=O)N2CCC(CO)C2)CC1. The number of amides is 2. The topological polar surface area (TPSA) is 60.9 Å². The molecule has 0 aromatic rings. The molecule has 0 spiro atoms. The van der Waals surface area contributed by atoms with Crippen molar-refractivity contribution in [3.8, 4) is 0 Å². The third-order valence-corrected chi connectivity index (χ3v) is 4.15. The molecule has 0 bridgehead atoms. The minimum atomic E-state index is 0.0676. The highest BCUT2D eigenvalue weighted by Gasteiger charge is 2.32. The molecular weight excluding hydrogens is 232 g/mol. The Kier molecular flexibility index (Phi) is 4.22. The number of aliphatic hydroxyl groups is 1. The first-order valence-electron chi connectivity index (χ1n) is 6.77. The van der Waals surface area contributed by atoms with Gasteiger partial charge in [-0.15, -0.1) is 0 Å². The fourth-order valence-corrected chi connectivity index (χ4v) is 2.88. The molecule has 1 N–H and O–H groups in total. The summed E-state index contributed by atoms with van der Waals surface area (Å²) < 4.78 is 0. The summed E-state index contributed by atoms with van der Waals surface area (Å²) in [5.41, 5.74) is 0. The average Bonchev–Trinajstić information content (AvgIpc) is 2.86. The van der Waals surface area contributed by atoms with E-state index in [-0.39, 0.29) is 30.3 Å². The molecule has 1 unspecified atom stereocenters. The van der Waals surface area contributed by atoms with Gasteiger partial charge >= 0.3 is 0 Å². The second kappa shape index (κ2) is 5.69. The molecule has 0 saturated carbocycles. The van der Waals surface area contributed by atoms with Crippen LogP contribution < -0.4 is 0 Å². The molecule has 0 radical (unpaired) electrons. The highest BCUT2D eigenvalue weighted by Crippen LogP contribution is 2.23. The highest BCUT2D eigenvalue weighted by atomic mass is 16.3. The molecule has 0 aromatic carbocycles. The Morgan fingerprint density at radius 1 is 1.11 bits per heavy atom. The zero-order valence-corrected chi connectivity index (χ0v) is 11.0. The first-order valence-corrected chi connectivity index (χ1v) is 6.77. The molecule has 102 valence electrons. The minimum Gasteiger partial charge on any atom is -0.396 e. The first-order chi connectivity index (χ1) is 8.61. The van der Waals surface area contributed by atoms with Crippen molar-refractivity contribution in [2.24, 2.45) is 11.8 Å². The maximum Gasteiger partial charge on any atom is 0.225 e. The molecule has 2 rings (SSSR count). The van der Waals surface area contributed by atoms with E-state index in [1.165, 1.54) is 0 Å². The van der Waals surface area contributed by atoms with Gasteiger partial charge in [-0.3, -0.25) is 9.59 Å². The lowest BCUT2D eigenvalue weighted by atomic mass is 9.95. The maximum absolute atomic E-state index is 12.3. The summed E-state index contributed by atoms with van der Waals surface area (Å²) in [6, 6.07) is 0. The Labute approximate surface area is 108 Å². The van der Waals surface area contributed by atoms with Gasteiger partial charge in [0, 0.05) is 51.5 Å². The van der Waals surface area contributed by atoms with Gasteiger partial charge in [0.15, 0.2) is 0 Å². The van der Waals surface area contributed by atoms with E-state index in [0.717, 1.165) is 25.8 Å². The predicted octanol–water partition coefficient (Wildman–Crippen LogP) is 0.0857. The highest BCUT2D eigenvalue weighted by molar-refractivity contribution is 5.80. The molecule has 5 nitrogen and oxygen atoms in total. The number of rotatable bonds is 2. The maximum atomic E-state index is 12.3. The molecule has 2 fully saturated rings. The van der Waals surface area contributed by atoms with Gasteiger partial charge in [0.1, 0.15) is 0 Å². The van der Waals surface area contributed by atoms with Crippen molar-refractivity contribution in [3.63, 3.8) is 0 Å². The van der Waals surface area contributed by atoms with Crippen LogP contribution in [0, 0.1) is 11.8 Å². The van der Waals surface area contributed by atoms with Gasteiger partial charge in [0.2, 0.25) is 11.8 Å². The van der Waals surface area contributed by atoms with Crippen molar-refractivity contribution in [2.75, 3.05) is 32.8 Å². The quantitative estimate of drug-likeness (QED) is 0.759. The lowest BCUT2D eigenvalue weighted by Crippen LogP contribution is -2.43. The molecular formula is C13H22N2O3. The largest absolute Gasteiger partial charge is 0.396 e. The Balaban J connectivity index is 1.83. The van der Waals surface area contributed by atoms with E-state index >= 15 is 0 Å². The standard InChI is InChI=1S/C13H22N2O3/c1-10(17)14-6-3-12(4-7-14)13(18)15-5-2-11(8-15)9-16/h11-12,16H,2-9H2,1H3. The van der Waals surface area contributed by atoms with Crippen LogP contribution in [0.5, 0.6) is 0 Å². The summed E-state index contributed by atoms with van der Waals surface area (Å²) in [7, 11) is 0. The summed E-state index contributed by atoms with van der Waals surface area (Å²) >= 11 is 0. The van der Waals surface area contributed by atoms with E-state index in [2.05, 4.69) is 0 Å². The van der Waals surface area contributed by atoms with Crippen molar-refractivity contribution in [1.82, 2.24) is 9.80 Å². The summed E-state index contributed by atoms with van der Waals surface area (Å²) in [4.78, 5) is 27.2. The molecule has 5 heteroatoms. The second-order valence-corrected chi connectivity index (χ2v) is 5.40. The molecule has 2 aliphatic rings. The second-order valence-electron chi connectivity index (χ2n) is 5.40. The van der Waals surface area contributed by atoms with Gasteiger partial charge in [0.25, 0.3) is 0 Å². The number of nitrogens with zero attached hydrogens (tertiary/aromatic N) is 2. The summed E-state index contributed by atoms with van der Waals surface area (Å²) in [6.45, 7) is 4.62. The number of carbonyl (C=O) groups is 2. The Hall–Kier alpha value is -1.10. The number of carbonyl (C=O) groups excluding carboxylic acids is 2. The first kappa shape index (κ1) is 13.3. The molecule has 2 heterocycles. The van der Waals surface area contributed by atoms with Gasteiger partial charge in [-0.05, 0) is 19.3 Å². The molecule has 2 amide bonds. The summed E-state index contributed by atoms with van der Waals surface area (Å²) in [5, 5.41) is 9.09. The average molecular weight is 254 g/mol. The number of likely N-dealkylation sites (tertiary alicyclic amines) is 2. The smallest absolute Gasteiger partial charge is 0.225 e. The van der Waals surface area contributed by atoms with Crippen LogP contribution >= 0.6 is 0 Å². The number of hydrogen-bond donors (Lipinski definition) is 1. The van der Waals surface area contributed by atoms with Crippen molar-refractivity contribution in [1.29, 1.82) is 0 Å². The van der Waals surface area contributed by atoms with Crippen molar-refractivity contribution in [2.45, 2.75) is 26.2 Å². The van der Waals surface area contributed by atoms with Crippen molar-refractivity contribution in [3.05, 3.63) is 0 Å². The number of aliphatic hydroxyl groups excluding tert-OH is 1. The third kappa shape index (κ3) is 2.83. The third-order valence-electron chi connectivity index (χ3n) is 4.15. The molecule has 1 atom stereocenters. The van der Waals surface area contributed by atoms with Crippen molar-refractivity contribution >= 4 is 11.8 Å². The van der Waals surface area contributed by atoms with Crippen LogP contribution in [0.1, 0.15) is 26.2 Å². The van der Waals surface area contributed by atoms with E-state index in [1.54, 1.807) is 6.92 Å². The summed E-state index contributed by atoms with van der Waals surface area (Å²) in [5.74, 6) is 0.640. The molecule has 2 saturated heterocycles. The fourth-order valence-electron chi connectivity index (χ4n) is 2.88. The Bertz CT molecular complexity index is 324. The van der Waals surface area contributed by atoms with Crippen LogP contribution in [0.2, 0.25) is 0 Å². The zero-order valence-electron chi connectivity index (χ0n) is 11.0. The van der Waals surface area contributed by atoms with Crippen LogP contribution in [-0.2, 0) is 9.59 Å². The van der Waals surface area contributed by atoms with E-state index in [1.807, 2.05) is 9.80 Å². The normalized spacial score (nSPS) is 25.6. The molecule has 0 aliphatic carbocycles. The van der Waals surface area contributed by atoms with E-state index in [4.69, 9.17) is 5.11 Å². The number of hydrogen-bond acceptors (Lipinski definition) is 3. The van der Waals surface area contributed by atoms with Gasteiger partial charge < -0.3 is 14.9 Å². The van der Waals surface area contributed by atoms with E-state index < -0.39 is 0 Å². The van der Waals surface area contributed by atoms with Crippen LogP contribution in [0.15, 0.2) is 0 Å². The van der Waals surface area contributed by atoms with Gasteiger partial charge in [0.05, 0.1) is 0 Å². The fraction of sp³-hybridized carbons (Fsp3) is 0.846. The van der Waals surface area contributed by atoms with Crippen LogP contribution in [0.25, 0.3) is 0 Å². The van der Waals surface area contributed by atoms with Crippen LogP contribution in [0.4, 0.5) is 0 Å². The lowest BCUT2D eigenvalue weighted by molar-refractivity contribution is -0.139. The van der Waals surface area contributed by atoms with Gasteiger partial charge in [-0.1, -0.05) is 0 Å². The zero-order chi connectivity index (χ0) is 13.1. The van der Waals surface area contributed by atoms with E-state index in [9.17, 15) is 9.59 Å². The minimum absolute atomic E-state index is 0.0676. The molecule has 2 aliphatic heterocycles. The molecule has 0 aromatic heterocycles. The molecule has 18 heavy (non-hydrogen) atoms. The Morgan fingerprint density at radius 3 is 2.22 bits per heavy atom. The number of piperidine rings is 1. The van der Waals surface area contributed by atoms with Gasteiger partial charge in [-0.2, -0.15) is 0 Å². The van der Waals surface area contributed by atoms with Crippen molar-refractivity contribution < 1.29 is 14.7 Å². The monoisotopic (exact) mass is 254 g/mol. The predicted molar refractivity (Wildman–Crippen MR) is 66.8 cm³/mol. The van der Waals surface area contributed by atoms with Crippen LogP contribution in [-0.4, -0.2) is 59.5 Å². The van der Waals surface area contributed by atoms with Gasteiger partial charge in [-0.25, -0.2) is 0 Å². The Morgan fingerprint density at radius 2 is 1.72 bits per heavy atom. The lowest BCUT2D eigenvalue weighted by Gasteiger charge is -2.32. The summed E-state index contributed by atoms with van der Waals surface area (Å²) in [6.07, 6.45) is 2.46. The van der Waals surface area contributed by atoms with Crippen LogP contribution in [0.3, 0.4) is 0 Å².